The molecule has 0 unspecified atom stereocenters. The second kappa shape index (κ2) is 5.69. The average molecular weight is 274 g/mol. The van der Waals surface area contributed by atoms with Crippen LogP contribution < -0.4 is 10.0 Å². The molecule has 0 aliphatic rings. The standard InChI is InChI=1S/C10H14N2O5S/c1-11-18(16,17)6-5-12-10(15)9-7(13)3-2-4-8(9)14/h2-4,11,13-14H,5-6H2,1H3,(H,12,15). The summed E-state index contributed by atoms with van der Waals surface area (Å²) in [7, 11) is -2.14. The van der Waals surface area contributed by atoms with Crippen molar-refractivity contribution in [3.8, 4) is 11.5 Å². The molecule has 18 heavy (non-hydrogen) atoms. The van der Waals surface area contributed by atoms with E-state index in [1.54, 1.807) is 0 Å². The summed E-state index contributed by atoms with van der Waals surface area (Å²) in [4.78, 5) is 11.6. The van der Waals surface area contributed by atoms with Gasteiger partial charge in [0.15, 0.2) is 0 Å². The highest BCUT2D eigenvalue weighted by molar-refractivity contribution is 7.89. The molecule has 7 nitrogen and oxygen atoms in total. The number of rotatable bonds is 5. The number of hydrogen-bond acceptors (Lipinski definition) is 5. The monoisotopic (exact) mass is 274 g/mol. The second-order valence-electron chi connectivity index (χ2n) is 3.45. The van der Waals surface area contributed by atoms with Crippen molar-refractivity contribution in [1.29, 1.82) is 0 Å². The predicted molar refractivity (Wildman–Crippen MR) is 65.0 cm³/mol. The summed E-state index contributed by atoms with van der Waals surface area (Å²) in [5.74, 6) is -1.77. The van der Waals surface area contributed by atoms with Gasteiger partial charge in [-0.2, -0.15) is 0 Å². The molecule has 0 saturated carbocycles. The molecule has 8 heteroatoms. The minimum absolute atomic E-state index is 0.129. The lowest BCUT2D eigenvalue weighted by Gasteiger charge is -2.08. The van der Waals surface area contributed by atoms with E-state index >= 15 is 0 Å². The summed E-state index contributed by atoms with van der Waals surface area (Å²) in [6.07, 6.45) is 0. The molecular formula is C10H14N2O5S. The van der Waals surface area contributed by atoms with Crippen LogP contribution in [0.2, 0.25) is 0 Å². The molecule has 0 spiro atoms. The molecule has 0 heterocycles. The Labute approximate surface area is 105 Å². The largest absolute Gasteiger partial charge is 0.507 e. The number of phenolic OH excluding ortho intramolecular Hbond substituents is 2. The van der Waals surface area contributed by atoms with Crippen LogP contribution in [-0.4, -0.2) is 43.9 Å². The maximum Gasteiger partial charge on any atom is 0.258 e. The van der Waals surface area contributed by atoms with Crippen molar-refractivity contribution < 1.29 is 23.4 Å². The first-order chi connectivity index (χ1) is 8.37. The zero-order valence-corrected chi connectivity index (χ0v) is 10.5. The smallest absolute Gasteiger partial charge is 0.258 e. The Bertz CT molecular complexity index is 521. The van der Waals surface area contributed by atoms with Crippen molar-refractivity contribution in [3.63, 3.8) is 0 Å². The maximum absolute atomic E-state index is 11.6. The fourth-order valence-corrected chi connectivity index (χ4v) is 1.83. The van der Waals surface area contributed by atoms with Crippen molar-refractivity contribution in [2.45, 2.75) is 0 Å². The summed E-state index contributed by atoms with van der Waals surface area (Å²) in [6.45, 7) is -0.129. The lowest BCUT2D eigenvalue weighted by molar-refractivity contribution is 0.0950. The molecule has 0 bridgehead atoms. The number of phenols is 2. The van der Waals surface area contributed by atoms with E-state index in [-0.39, 0.29) is 29.4 Å². The van der Waals surface area contributed by atoms with Gasteiger partial charge in [-0.05, 0) is 19.2 Å². The third-order valence-electron chi connectivity index (χ3n) is 2.21. The molecule has 1 amide bonds. The van der Waals surface area contributed by atoms with Gasteiger partial charge in [-0.3, -0.25) is 4.79 Å². The van der Waals surface area contributed by atoms with Crippen molar-refractivity contribution in [2.24, 2.45) is 0 Å². The van der Waals surface area contributed by atoms with Crippen LogP contribution in [0, 0.1) is 0 Å². The molecule has 0 aliphatic heterocycles. The first-order valence-electron chi connectivity index (χ1n) is 5.08. The zero-order valence-electron chi connectivity index (χ0n) is 9.67. The highest BCUT2D eigenvalue weighted by atomic mass is 32.2. The van der Waals surface area contributed by atoms with Crippen LogP contribution in [-0.2, 0) is 10.0 Å². The predicted octanol–water partition coefficient (Wildman–Crippen LogP) is -0.623. The van der Waals surface area contributed by atoms with E-state index < -0.39 is 15.9 Å². The quantitative estimate of drug-likeness (QED) is 0.571. The van der Waals surface area contributed by atoms with Crippen molar-refractivity contribution in [2.75, 3.05) is 19.3 Å². The first kappa shape index (κ1) is 14.3. The molecular weight excluding hydrogens is 260 g/mol. The number of aromatic hydroxyl groups is 2. The summed E-state index contributed by atoms with van der Waals surface area (Å²) >= 11 is 0. The van der Waals surface area contributed by atoms with Gasteiger partial charge < -0.3 is 15.5 Å². The number of carbonyl (C=O) groups is 1. The van der Waals surface area contributed by atoms with Gasteiger partial charge in [-0.15, -0.1) is 0 Å². The van der Waals surface area contributed by atoms with E-state index in [1.165, 1.54) is 25.2 Å². The molecule has 0 atom stereocenters. The third-order valence-corrected chi connectivity index (χ3v) is 3.58. The van der Waals surface area contributed by atoms with Crippen molar-refractivity contribution in [3.05, 3.63) is 23.8 Å². The minimum Gasteiger partial charge on any atom is -0.507 e. The lowest BCUT2D eigenvalue weighted by Crippen LogP contribution is -2.33. The third kappa shape index (κ3) is 3.60. The van der Waals surface area contributed by atoms with Gasteiger partial charge in [0.05, 0.1) is 5.75 Å². The Balaban J connectivity index is 2.67. The van der Waals surface area contributed by atoms with Crippen molar-refractivity contribution in [1.82, 2.24) is 10.0 Å². The van der Waals surface area contributed by atoms with E-state index in [4.69, 9.17) is 0 Å². The summed E-state index contributed by atoms with van der Waals surface area (Å²) in [5, 5.41) is 21.1. The highest BCUT2D eigenvalue weighted by Crippen LogP contribution is 2.25. The Morgan fingerprint density at radius 3 is 2.33 bits per heavy atom. The fraction of sp³-hybridized carbons (Fsp3) is 0.300. The molecule has 1 aromatic carbocycles. The molecule has 0 aromatic heterocycles. The Morgan fingerprint density at radius 1 is 1.28 bits per heavy atom. The topological polar surface area (TPSA) is 116 Å². The van der Waals surface area contributed by atoms with Gasteiger partial charge in [-0.25, -0.2) is 13.1 Å². The van der Waals surface area contributed by atoms with Crippen LogP contribution in [0.3, 0.4) is 0 Å². The van der Waals surface area contributed by atoms with E-state index in [0.29, 0.717) is 0 Å². The van der Waals surface area contributed by atoms with Crippen LogP contribution in [0.1, 0.15) is 10.4 Å². The molecule has 0 radical (unpaired) electrons. The van der Waals surface area contributed by atoms with Gasteiger partial charge in [0.2, 0.25) is 10.0 Å². The number of carbonyl (C=O) groups excluding carboxylic acids is 1. The summed E-state index contributed by atoms with van der Waals surface area (Å²) < 4.78 is 24.3. The molecule has 0 saturated heterocycles. The minimum atomic E-state index is -3.41. The van der Waals surface area contributed by atoms with E-state index in [0.717, 1.165) is 0 Å². The van der Waals surface area contributed by atoms with E-state index in [1.807, 2.05) is 0 Å². The van der Waals surface area contributed by atoms with Crippen LogP contribution >= 0.6 is 0 Å². The first-order valence-corrected chi connectivity index (χ1v) is 6.73. The average Bonchev–Trinajstić information content (AvgIpc) is 2.28. The van der Waals surface area contributed by atoms with Gasteiger partial charge in [-0.1, -0.05) is 6.07 Å². The highest BCUT2D eigenvalue weighted by Gasteiger charge is 2.16. The Kier molecular flexibility index (Phi) is 4.51. The zero-order chi connectivity index (χ0) is 13.8. The lowest BCUT2D eigenvalue weighted by atomic mass is 10.1. The number of hydrogen-bond donors (Lipinski definition) is 4. The van der Waals surface area contributed by atoms with Gasteiger partial charge in [0.1, 0.15) is 17.1 Å². The van der Waals surface area contributed by atoms with Gasteiger partial charge >= 0.3 is 0 Å². The van der Waals surface area contributed by atoms with Crippen LogP contribution in [0.5, 0.6) is 11.5 Å². The van der Waals surface area contributed by atoms with Crippen molar-refractivity contribution >= 4 is 15.9 Å². The van der Waals surface area contributed by atoms with Crippen LogP contribution in [0.4, 0.5) is 0 Å². The maximum atomic E-state index is 11.6. The Hall–Kier alpha value is -1.80. The van der Waals surface area contributed by atoms with Crippen LogP contribution in [0.15, 0.2) is 18.2 Å². The van der Waals surface area contributed by atoms with Gasteiger partial charge in [0, 0.05) is 6.54 Å². The second-order valence-corrected chi connectivity index (χ2v) is 5.50. The fourth-order valence-electron chi connectivity index (χ4n) is 1.25. The molecule has 4 N–H and O–H groups in total. The number of amides is 1. The number of sulfonamides is 1. The van der Waals surface area contributed by atoms with E-state index in [9.17, 15) is 23.4 Å². The number of benzene rings is 1. The SMILES string of the molecule is CNS(=O)(=O)CCNC(=O)c1c(O)cccc1O. The van der Waals surface area contributed by atoms with Crippen LogP contribution in [0.25, 0.3) is 0 Å². The normalized spacial score (nSPS) is 11.2. The molecule has 0 aliphatic carbocycles. The van der Waals surface area contributed by atoms with Gasteiger partial charge in [0.25, 0.3) is 5.91 Å². The Morgan fingerprint density at radius 2 is 1.83 bits per heavy atom. The summed E-state index contributed by atoms with van der Waals surface area (Å²) in [6, 6.07) is 3.88. The molecule has 0 fully saturated rings. The molecule has 1 rings (SSSR count). The number of nitrogens with one attached hydrogen (secondary N) is 2. The summed E-state index contributed by atoms with van der Waals surface area (Å²) in [5.41, 5.74) is -0.278. The molecule has 100 valence electrons. The molecule has 1 aromatic rings. The van der Waals surface area contributed by atoms with E-state index in [2.05, 4.69) is 10.0 Å².